The first-order valence-electron chi connectivity index (χ1n) is 10.0. The molecule has 3 rings (SSSR count). The third kappa shape index (κ3) is 7.17. The molecule has 0 unspecified atom stereocenters. The molecule has 1 fully saturated rings. The molecule has 0 spiro atoms. The monoisotopic (exact) mass is 419 g/mol. The molecule has 1 aromatic carbocycles. The van der Waals surface area contributed by atoms with Crippen LogP contribution < -0.4 is 19.7 Å². The van der Waals surface area contributed by atoms with Crippen LogP contribution in [0.1, 0.15) is 25.1 Å². The number of benzene rings is 1. The molecule has 158 valence electrons. The van der Waals surface area contributed by atoms with Gasteiger partial charge in [0.25, 0.3) is 0 Å². The number of hydrogen-bond acceptors (Lipinski definition) is 7. The molecule has 1 aliphatic heterocycles. The number of nitrogens with zero attached hydrogens (tertiary/aromatic N) is 3. The molecule has 0 saturated carbocycles. The Labute approximate surface area is 172 Å². The number of anilines is 2. The summed E-state index contributed by atoms with van der Waals surface area (Å²) in [4.78, 5) is 11.2. The molecule has 1 aliphatic rings. The first-order valence-corrected chi connectivity index (χ1v) is 11.7. The van der Waals surface area contributed by atoms with Crippen LogP contribution in [0.25, 0.3) is 0 Å². The third-order valence-electron chi connectivity index (χ3n) is 4.62. The van der Waals surface area contributed by atoms with E-state index in [4.69, 9.17) is 4.74 Å². The zero-order valence-electron chi connectivity index (χ0n) is 16.8. The largest absolute Gasteiger partial charge is 0.492 e. The standard InChI is InChI=1S/C20H29N5O3S/c1-17-23-19(16-20(24-17)25-12-6-3-7-13-25)21-10-11-22-29(26,27)15-14-28-18-8-4-2-5-9-18/h2,4-5,8-9,16,22H,3,6-7,10-15H2,1H3,(H,21,23,24). The molecule has 2 heterocycles. The molecule has 2 N–H and O–H groups in total. The summed E-state index contributed by atoms with van der Waals surface area (Å²) >= 11 is 0. The first kappa shape index (κ1) is 21.3. The highest BCUT2D eigenvalue weighted by molar-refractivity contribution is 7.89. The normalized spacial score (nSPS) is 14.6. The fourth-order valence-corrected chi connectivity index (χ4v) is 4.04. The molecule has 8 nitrogen and oxygen atoms in total. The van der Waals surface area contributed by atoms with Crippen LogP contribution in [0.3, 0.4) is 0 Å². The van der Waals surface area contributed by atoms with Crippen LogP contribution in [0.2, 0.25) is 0 Å². The third-order valence-corrected chi connectivity index (χ3v) is 5.97. The van der Waals surface area contributed by atoms with Gasteiger partial charge in [-0.15, -0.1) is 0 Å². The summed E-state index contributed by atoms with van der Waals surface area (Å²) in [6.07, 6.45) is 3.63. The van der Waals surface area contributed by atoms with E-state index in [9.17, 15) is 8.42 Å². The van der Waals surface area contributed by atoms with Crippen LogP contribution >= 0.6 is 0 Å². The number of ether oxygens (including phenoxy) is 1. The molecule has 0 amide bonds. The summed E-state index contributed by atoms with van der Waals surface area (Å²) in [5, 5.41) is 3.18. The van der Waals surface area contributed by atoms with Crippen molar-refractivity contribution >= 4 is 21.7 Å². The zero-order valence-corrected chi connectivity index (χ0v) is 17.6. The maximum atomic E-state index is 12.1. The Morgan fingerprint density at radius 3 is 2.59 bits per heavy atom. The molecule has 9 heteroatoms. The Morgan fingerprint density at radius 2 is 1.83 bits per heavy atom. The van der Waals surface area contributed by atoms with Crippen LogP contribution in [-0.4, -0.2) is 56.9 Å². The first-order chi connectivity index (χ1) is 14.0. The van der Waals surface area contributed by atoms with E-state index < -0.39 is 10.0 Å². The van der Waals surface area contributed by atoms with Crippen LogP contribution in [0, 0.1) is 6.92 Å². The molecule has 0 aliphatic carbocycles. The van der Waals surface area contributed by atoms with Gasteiger partial charge in [0.15, 0.2) is 0 Å². The van der Waals surface area contributed by atoms with Crippen molar-refractivity contribution < 1.29 is 13.2 Å². The van der Waals surface area contributed by atoms with Crippen molar-refractivity contribution in [2.45, 2.75) is 26.2 Å². The summed E-state index contributed by atoms with van der Waals surface area (Å²) in [5.74, 6) is 2.92. The molecule has 2 aromatic rings. The molecular weight excluding hydrogens is 390 g/mol. The van der Waals surface area contributed by atoms with Gasteiger partial charge in [-0.05, 0) is 38.3 Å². The van der Waals surface area contributed by atoms with Crippen molar-refractivity contribution in [3.8, 4) is 5.75 Å². The summed E-state index contributed by atoms with van der Waals surface area (Å²) in [5.41, 5.74) is 0. The van der Waals surface area contributed by atoms with Crippen molar-refractivity contribution in [1.82, 2.24) is 14.7 Å². The molecule has 0 atom stereocenters. The van der Waals surface area contributed by atoms with E-state index >= 15 is 0 Å². The Morgan fingerprint density at radius 1 is 1.07 bits per heavy atom. The second kappa shape index (κ2) is 10.4. The lowest BCUT2D eigenvalue weighted by atomic mass is 10.1. The second-order valence-corrected chi connectivity index (χ2v) is 8.93. The highest BCUT2D eigenvalue weighted by atomic mass is 32.2. The van der Waals surface area contributed by atoms with Gasteiger partial charge in [0.2, 0.25) is 10.0 Å². The number of aryl methyl sites for hydroxylation is 1. The molecule has 1 saturated heterocycles. The van der Waals surface area contributed by atoms with Gasteiger partial charge in [0, 0.05) is 32.2 Å². The van der Waals surface area contributed by atoms with Gasteiger partial charge in [-0.25, -0.2) is 23.1 Å². The van der Waals surface area contributed by atoms with Crippen molar-refractivity contribution in [2.24, 2.45) is 0 Å². The molecule has 0 bridgehead atoms. The van der Waals surface area contributed by atoms with Crippen LogP contribution in [-0.2, 0) is 10.0 Å². The van der Waals surface area contributed by atoms with Gasteiger partial charge in [0.05, 0.1) is 5.75 Å². The van der Waals surface area contributed by atoms with E-state index in [1.54, 1.807) is 12.1 Å². The number of sulfonamides is 1. The number of rotatable bonds is 10. The second-order valence-electron chi connectivity index (χ2n) is 7.01. The highest BCUT2D eigenvalue weighted by Crippen LogP contribution is 2.20. The average Bonchev–Trinajstić information content (AvgIpc) is 2.72. The summed E-state index contributed by atoms with van der Waals surface area (Å²) in [6, 6.07) is 11.1. The van der Waals surface area contributed by atoms with Gasteiger partial charge in [-0.3, -0.25) is 0 Å². The molecule has 0 radical (unpaired) electrons. The molecular formula is C20H29N5O3S. The number of para-hydroxylation sites is 1. The zero-order chi connectivity index (χ0) is 20.5. The van der Waals surface area contributed by atoms with Crippen LogP contribution in [0.5, 0.6) is 5.75 Å². The Balaban J connectivity index is 1.41. The highest BCUT2D eigenvalue weighted by Gasteiger charge is 2.14. The van der Waals surface area contributed by atoms with Gasteiger partial charge >= 0.3 is 0 Å². The number of hydrogen-bond donors (Lipinski definition) is 2. The van der Waals surface area contributed by atoms with Crippen LogP contribution in [0.4, 0.5) is 11.6 Å². The van der Waals surface area contributed by atoms with Crippen LogP contribution in [0.15, 0.2) is 36.4 Å². The molecule has 29 heavy (non-hydrogen) atoms. The quantitative estimate of drug-likeness (QED) is 0.570. The molecule has 1 aromatic heterocycles. The maximum absolute atomic E-state index is 12.1. The lowest BCUT2D eigenvalue weighted by Gasteiger charge is -2.28. The predicted molar refractivity (Wildman–Crippen MR) is 115 cm³/mol. The van der Waals surface area contributed by atoms with E-state index in [-0.39, 0.29) is 18.9 Å². The number of piperidine rings is 1. The Kier molecular flexibility index (Phi) is 7.65. The lowest BCUT2D eigenvalue weighted by molar-refractivity contribution is 0.340. The van der Waals surface area contributed by atoms with E-state index in [0.29, 0.717) is 23.9 Å². The summed E-state index contributed by atoms with van der Waals surface area (Å²) in [7, 11) is -3.40. The van der Waals surface area contributed by atoms with Crippen molar-refractivity contribution in [2.75, 3.05) is 48.8 Å². The van der Waals surface area contributed by atoms with E-state index in [2.05, 4.69) is 24.9 Å². The number of aromatic nitrogens is 2. The topological polar surface area (TPSA) is 96.5 Å². The van der Waals surface area contributed by atoms with E-state index in [1.165, 1.54) is 19.3 Å². The predicted octanol–water partition coefficient (Wildman–Crippen LogP) is 2.19. The lowest BCUT2D eigenvalue weighted by Crippen LogP contribution is -2.33. The Bertz CT molecular complexity index is 871. The minimum absolute atomic E-state index is 0.0897. The van der Waals surface area contributed by atoms with Crippen molar-refractivity contribution in [3.63, 3.8) is 0 Å². The van der Waals surface area contributed by atoms with E-state index in [0.717, 1.165) is 18.9 Å². The fraction of sp³-hybridized carbons (Fsp3) is 0.500. The van der Waals surface area contributed by atoms with Gasteiger partial charge in [-0.1, -0.05) is 18.2 Å². The summed E-state index contributed by atoms with van der Waals surface area (Å²) < 4.78 is 32.2. The van der Waals surface area contributed by atoms with Gasteiger partial charge < -0.3 is 15.0 Å². The van der Waals surface area contributed by atoms with Crippen molar-refractivity contribution in [1.29, 1.82) is 0 Å². The fourth-order valence-electron chi connectivity index (χ4n) is 3.18. The minimum atomic E-state index is -3.40. The minimum Gasteiger partial charge on any atom is -0.492 e. The smallest absolute Gasteiger partial charge is 0.215 e. The van der Waals surface area contributed by atoms with Gasteiger partial charge in [-0.2, -0.15) is 0 Å². The maximum Gasteiger partial charge on any atom is 0.215 e. The van der Waals surface area contributed by atoms with Crippen molar-refractivity contribution in [3.05, 3.63) is 42.2 Å². The average molecular weight is 420 g/mol. The SMILES string of the molecule is Cc1nc(NCCNS(=O)(=O)CCOc2ccccc2)cc(N2CCCCC2)n1. The number of nitrogens with one attached hydrogen (secondary N) is 2. The van der Waals surface area contributed by atoms with Gasteiger partial charge in [0.1, 0.15) is 29.8 Å². The van der Waals surface area contributed by atoms with E-state index in [1.807, 2.05) is 31.2 Å². The summed E-state index contributed by atoms with van der Waals surface area (Å²) in [6.45, 7) is 4.72. The Hall–Kier alpha value is -2.39.